The third-order valence-corrected chi connectivity index (χ3v) is 2.13. The van der Waals surface area contributed by atoms with Gasteiger partial charge in [-0.25, -0.2) is 4.98 Å². The first-order chi connectivity index (χ1) is 5.16. The van der Waals surface area contributed by atoms with E-state index in [1.807, 2.05) is 25.2 Å². The van der Waals surface area contributed by atoms with Gasteiger partial charge in [0, 0.05) is 20.6 Å². The van der Waals surface area contributed by atoms with E-state index in [1.54, 1.807) is 0 Å². The Morgan fingerprint density at radius 2 is 2.27 bits per heavy atom. The quantitative estimate of drug-likeness (QED) is 0.753. The molecular formula is C7H12BrN3. The van der Waals surface area contributed by atoms with E-state index in [-0.39, 0.29) is 0 Å². The van der Waals surface area contributed by atoms with Gasteiger partial charge in [-0.3, -0.25) is 0 Å². The molecule has 0 radical (unpaired) electrons. The monoisotopic (exact) mass is 217 g/mol. The second-order valence-corrected chi connectivity index (χ2v) is 3.33. The number of anilines is 1. The maximum atomic E-state index is 4.23. The molecule has 0 unspecified atom stereocenters. The van der Waals surface area contributed by atoms with Gasteiger partial charge >= 0.3 is 0 Å². The molecule has 3 nitrogen and oxygen atoms in total. The molecule has 1 aromatic heterocycles. The van der Waals surface area contributed by atoms with Crippen LogP contribution in [0.25, 0.3) is 0 Å². The molecule has 0 aliphatic rings. The van der Waals surface area contributed by atoms with Crippen molar-refractivity contribution in [2.24, 2.45) is 0 Å². The summed E-state index contributed by atoms with van der Waals surface area (Å²) in [6.07, 6.45) is 1.82. The Morgan fingerprint density at radius 1 is 1.64 bits per heavy atom. The van der Waals surface area contributed by atoms with Crippen LogP contribution in [0.15, 0.2) is 10.8 Å². The predicted octanol–water partition coefficient (Wildman–Crippen LogP) is 1.73. The van der Waals surface area contributed by atoms with Gasteiger partial charge in [0.15, 0.2) is 0 Å². The molecule has 1 rings (SSSR count). The smallest absolute Gasteiger partial charge is 0.205 e. The Balaban J connectivity index is 3.05. The summed E-state index contributed by atoms with van der Waals surface area (Å²) in [6, 6.07) is 0. The average Bonchev–Trinajstić information content (AvgIpc) is 2.30. The average molecular weight is 218 g/mol. The highest BCUT2D eigenvalue weighted by atomic mass is 79.9. The molecule has 4 heteroatoms. The van der Waals surface area contributed by atoms with E-state index in [9.17, 15) is 0 Å². The summed E-state index contributed by atoms with van der Waals surface area (Å²) in [7, 11) is 3.97. The Morgan fingerprint density at radius 3 is 2.64 bits per heavy atom. The fraction of sp³-hybridized carbons (Fsp3) is 0.571. The number of rotatable bonds is 2. The minimum Gasteiger partial charge on any atom is -0.348 e. The molecule has 0 saturated heterocycles. The highest BCUT2D eigenvalue weighted by Gasteiger charge is 2.06. The summed E-state index contributed by atoms with van der Waals surface area (Å²) in [5, 5.41) is 0. The Bertz CT molecular complexity index is 242. The number of aromatic nitrogens is 2. The minimum absolute atomic E-state index is 0.939. The highest BCUT2D eigenvalue weighted by Crippen LogP contribution is 2.17. The van der Waals surface area contributed by atoms with Gasteiger partial charge in [0.2, 0.25) is 5.95 Å². The van der Waals surface area contributed by atoms with Crippen molar-refractivity contribution in [1.82, 2.24) is 9.55 Å². The summed E-state index contributed by atoms with van der Waals surface area (Å²) in [5.74, 6) is 0.986. The maximum absolute atomic E-state index is 4.23. The summed E-state index contributed by atoms with van der Waals surface area (Å²) in [4.78, 5) is 6.22. The van der Waals surface area contributed by atoms with Gasteiger partial charge in [-0.1, -0.05) is 0 Å². The van der Waals surface area contributed by atoms with Crippen LogP contribution < -0.4 is 4.90 Å². The summed E-state index contributed by atoms with van der Waals surface area (Å²) in [5.41, 5.74) is 0. The molecule has 0 N–H and O–H groups in total. The fourth-order valence-corrected chi connectivity index (χ4v) is 1.51. The van der Waals surface area contributed by atoms with Crippen LogP contribution >= 0.6 is 15.9 Å². The maximum Gasteiger partial charge on any atom is 0.205 e. The lowest BCUT2D eigenvalue weighted by Gasteiger charge is -2.12. The van der Waals surface area contributed by atoms with Crippen molar-refractivity contribution in [3.63, 3.8) is 0 Å². The van der Waals surface area contributed by atoms with Crippen LogP contribution in [0.1, 0.15) is 6.92 Å². The predicted molar refractivity (Wildman–Crippen MR) is 49.9 cm³/mol. The summed E-state index contributed by atoms with van der Waals surface area (Å²) < 4.78 is 3.13. The standard InChI is InChI=1S/C7H12BrN3/c1-4-11-6(8)5-9-7(11)10(2)3/h5H,4H2,1-3H3. The molecule has 0 amide bonds. The van der Waals surface area contributed by atoms with Crippen LogP contribution in [-0.2, 0) is 6.54 Å². The molecule has 0 spiro atoms. The van der Waals surface area contributed by atoms with Crippen molar-refractivity contribution in [3.8, 4) is 0 Å². The molecule has 0 saturated carbocycles. The van der Waals surface area contributed by atoms with Crippen LogP contribution in [0.3, 0.4) is 0 Å². The van der Waals surface area contributed by atoms with Crippen LogP contribution in [0.2, 0.25) is 0 Å². The molecule has 11 heavy (non-hydrogen) atoms. The molecule has 1 heterocycles. The van der Waals surface area contributed by atoms with Gasteiger partial charge in [-0.2, -0.15) is 0 Å². The van der Waals surface area contributed by atoms with E-state index >= 15 is 0 Å². The van der Waals surface area contributed by atoms with E-state index in [2.05, 4.69) is 32.4 Å². The van der Waals surface area contributed by atoms with E-state index in [1.165, 1.54) is 0 Å². The van der Waals surface area contributed by atoms with E-state index in [4.69, 9.17) is 0 Å². The molecule has 0 aliphatic heterocycles. The molecule has 0 aliphatic carbocycles. The number of nitrogens with zero attached hydrogens (tertiary/aromatic N) is 3. The molecule has 0 fully saturated rings. The van der Waals surface area contributed by atoms with Gasteiger partial charge < -0.3 is 9.47 Å². The van der Waals surface area contributed by atoms with Crippen LogP contribution in [-0.4, -0.2) is 23.6 Å². The lowest BCUT2D eigenvalue weighted by Crippen LogP contribution is -2.15. The van der Waals surface area contributed by atoms with E-state index in [0.717, 1.165) is 17.1 Å². The number of hydrogen-bond donors (Lipinski definition) is 0. The second kappa shape index (κ2) is 3.26. The van der Waals surface area contributed by atoms with Crippen molar-refractivity contribution < 1.29 is 0 Å². The third kappa shape index (κ3) is 1.56. The van der Waals surface area contributed by atoms with Crippen molar-refractivity contribution >= 4 is 21.9 Å². The van der Waals surface area contributed by atoms with Crippen LogP contribution in [0.4, 0.5) is 5.95 Å². The zero-order valence-electron chi connectivity index (χ0n) is 7.00. The van der Waals surface area contributed by atoms with E-state index < -0.39 is 0 Å². The molecule has 1 aromatic rings. The van der Waals surface area contributed by atoms with Gasteiger partial charge in [0.05, 0.1) is 6.20 Å². The highest BCUT2D eigenvalue weighted by molar-refractivity contribution is 9.10. The Labute approximate surface area is 75.2 Å². The molecule has 62 valence electrons. The molecular weight excluding hydrogens is 206 g/mol. The molecule has 0 atom stereocenters. The van der Waals surface area contributed by atoms with Crippen LogP contribution in [0, 0.1) is 0 Å². The topological polar surface area (TPSA) is 21.1 Å². The summed E-state index contributed by atoms with van der Waals surface area (Å²) in [6.45, 7) is 3.04. The first-order valence-electron chi connectivity index (χ1n) is 3.55. The van der Waals surface area contributed by atoms with E-state index in [0.29, 0.717) is 0 Å². The zero-order valence-corrected chi connectivity index (χ0v) is 8.59. The number of imidazole rings is 1. The third-order valence-electron chi connectivity index (χ3n) is 1.50. The largest absolute Gasteiger partial charge is 0.348 e. The van der Waals surface area contributed by atoms with Gasteiger partial charge in [0.25, 0.3) is 0 Å². The van der Waals surface area contributed by atoms with Gasteiger partial charge in [-0.05, 0) is 22.9 Å². The number of halogens is 1. The second-order valence-electron chi connectivity index (χ2n) is 2.52. The van der Waals surface area contributed by atoms with Gasteiger partial charge in [0.1, 0.15) is 4.60 Å². The lowest BCUT2D eigenvalue weighted by atomic mass is 10.7. The summed E-state index contributed by atoms with van der Waals surface area (Å²) >= 11 is 3.42. The zero-order chi connectivity index (χ0) is 8.43. The fourth-order valence-electron chi connectivity index (χ4n) is 0.995. The van der Waals surface area contributed by atoms with Gasteiger partial charge in [-0.15, -0.1) is 0 Å². The van der Waals surface area contributed by atoms with Crippen molar-refractivity contribution in [3.05, 3.63) is 10.8 Å². The minimum atomic E-state index is 0.939. The Hall–Kier alpha value is -0.510. The molecule has 0 aromatic carbocycles. The first kappa shape index (κ1) is 8.59. The van der Waals surface area contributed by atoms with Crippen molar-refractivity contribution in [2.75, 3.05) is 19.0 Å². The Kier molecular flexibility index (Phi) is 2.54. The number of hydrogen-bond acceptors (Lipinski definition) is 2. The van der Waals surface area contributed by atoms with Crippen molar-refractivity contribution in [2.45, 2.75) is 13.5 Å². The normalized spacial score (nSPS) is 10.2. The lowest BCUT2D eigenvalue weighted by molar-refractivity contribution is 0.733. The molecule has 0 bridgehead atoms. The van der Waals surface area contributed by atoms with Crippen LogP contribution in [0.5, 0.6) is 0 Å². The first-order valence-corrected chi connectivity index (χ1v) is 4.34. The SMILES string of the molecule is CCn1c(Br)cnc1N(C)C. The van der Waals surface area contributed by atoms with Crippen molar-refractivity contribution in [1.29, 1.82) is 0 Å².